The van der Waals surface area contributed by atoms with E-state index in [1.165, 1.54) is 12.8 Å². The van der Waals surface area contributed by atoms with E-state index < -0.39 is 0 Å². The van der Waals surface area contributed by atoms with Crippen molar-refractivity contribution < 1.29 is 9.59 Å². The minimum absolute atomic E-state index is 0.0390. The van der Waals surface area contributed by atoms with Gasteiger partial charge in [-0.1, -0.05) is 12.8 Å². The van der Waals surface area contributed by atoms with Crippen LogP contribution >= 0.6 is 0 Å². The molecule has 2 amide bonds. The molecule has 3 aliphatic rings. The molecule has 5 heteroatoms. The Kier molecular flexibility index (Phi) is 4.20. The van der Waals surface area contributed by atoms with Gasteiger partial charge < -0.3 is 15.5 Å². The molecule has 0 radical (unpaired) electrons. The van der Waals surface area contributed by atoms with Gasteiger partial charge in [-0.3, -0.25) is 9.59 Å². The van der Waals surface area contributed by atoms with E-state index in [0.29, 0.717) is 18.9 Å². The van der Waals surface area contributed by atoms with Crippen LogP contribution < -0.4 is 10.6 Å². The first-order valence-electron chi connectivity index (χ1n) is 8.41. The van der Waals surface area contributed by atoms with Gasteiger partial charge in [0.2, 0.25) is 11.8 Å². The van der Waals surface area contributed by atoms with Gasteiger partial charge in [0, 0.05) is 32.1 Å². The number of amides is 2. The zero-order valence-corrected chi connectivity index (χ0v) is 13.0. The predicted molar refractivity (Wildman–Crippen MR) is 80.7 cm³/mol. The molecule has 118 valence electrons. The molecule has 1 saturated carbocycles. The Hall–Kier alpha value is -1.10. The summed E-state index contributed by atoms with van der Waals surface area (Å²) < 4.78 is 0. The van der Waals surface area contributed by atoms with Crippen LogP contribution in [0.4, 0.5) is 0 Å². The molecule has 3 fully saturated rings. The number of nitrogens with zero attached hydrogens (tertiary/aromatic N) is 1. The van der Waals surface area contributed by atoms with Crippen LogP contribution in [0.5, 0.6) is 0 Å². The quantitative estimate of drug-likeness (QED) is 0.809. The standard InChI is InChI=1S/C16H27N3O2/c1-12(10-19-8-4-6-14(19)20)18-15(21)16-7-3-2-5-13(16)9-17-11-16/h12-13,17H,2-11H2,1H3,(H,18,21)/t12?,13-,16+/m0/s1. The molecule has 2 saturated heterocycles. The van der Waals surface area contributed by atoms with Crippen LogP contribution in [0.3, 0.4) is 0 Å². The second-order valence-electron chi connectivity index (χ2n) is 7.05. The van der Waals surface area contributed by atoms with Gasteiger partial charge in [-0.2, -0.15) is 0 Å². The third-order valence-electron chi connectivity index (χ3n) is 5.53. The van der Waals surface area contributed by atoms with Crippen molar-refractivity contribution in [2.45, 2.75) is 51.5 Å². The van der Waals surface area contributed by atoms with Crippen molar-refractivity contribution in [3.8, 4) is 0 Å². The Morgan fingerprint density at radius 2 is 2.33 bits per heavy atom. The maximum atomic E-state index is 12.8. The van der Waals surface area contributed by atoms with Crippen molar-refractivity contribution in [1.29, 1.82) is 0 Å². The summed E-state index contributed by atoms with van der Waals surface area (Å²) in [5, 5.41) is 6.60. The van der Waals surface area contributed by atoms with E-state index in [9.17, 15) is 9.59 Å². The Morgan fingerprint density at radius 3 is 3.10 bits per heavy atom. The molecule has 1 aliphatic carbocycles. The molecule has 2 N–H and O–H groups in total. The van der Waals surface area contributed by atoms with E-state index in [0.717, 1.165) is 38.9 Å². The molecule has 1 unspecified atom stereocenters. The lowest BCUT2D eigenvalue weighted by molar-refractivity contribution is -0.135. The molecule has 0 aromatic heterocycles. The maximum absolute atomic E-state index is 12.8. The van der Waals surface area contributed by atoms with Crippen molar-refractivity contribution in [1.82, 2.24) is 15.5 Å². The third kappa shape index (κ3) is 2.80. The second-order valence-corrected chi connectivity index (χ2v) is 7.05. The highest BCUT2D eigenvalue weighted by Crippen LogP contribution is 2.43. The lowest BCUT2D eigenvalue weighted by Crippen LogP contribution is -2.52. The van der Waals surface area contributed by atoms with E-state index in [1.807, 2.05) is 11.8 Å². The summed E-state index contributed by atoms with van der Waals surface area (Å²) in [5.41, 5.74) is -0.193. The largest absolute Gasteiger partial charge is 0.351 e. The van der Waals surface area contributed by atoms with E-state index in [2.05, 4.69) is 10.6 Å². The van der Waals surface area contributed by atoms with Crippen molar-refractivity contribution in [3.05, 3.63) is 0 Å². The van der Waals surface area contributed by atoms with E-state index in [-0.39, 0.29) is 23.3 Å². The van der Waals surface area contributed by atoms with E-state index in [4.69, 9.17) is 0 Å². The molecule has 21 heavy (non-hydrogen) atoms. The molecule has 2 aliphatic heterocycles. The minimum atomic E-state index is -0.193. The topological polar surface area (TPSA) is 61.4 Å². The number of carbonyl (C=O) groups excluding carboxylic acids is 2. The van der Waals surface area contributed by atoms with Crippen LogP contribution in [-0.4, -0.2) is 48.9 Å². The van der Waals surface area contributed by atoms with Gasteiger partial charge in [0.25, 0.3) is 0 Å². The van der Waals surface area contributed by atoms with Crippen LogP contribution in [0.1, 0.15) is 45.4 Å². The van der Waals surface area contributed by atoms with Crippen LogP contribution in [0.2, 0.25) is 0 Å². The molecule has 0 aromatic carbocycles. The van der Waals surface area contributed by atoms with Crippen LogP contribution in [-0.2, 0) is 9.59 Å². The van der Waals surface area contributed by atoms with Crippen molar-refractivity contribution >= 4 is 11.8 Å². The van der Waals surface area contributed by atoms with E-state index >= 15 is 0 Å². The average molecular weight is 293 g/mol. The number of likely N-dealkylation sites (tertiary alicyclic amines) is 1. The smallest absolute Gasteiger partial charge is 0.228 e. The normalized spacial score (nSPS) is 33.9. The monoisotopic (exact) mass is 293 g/mol. The van der Waals surface area contributed by atoms with Gasteiger partial charge in [-0.15, -0.1) is 0 Å². The first-order chi connectivity index (χ1) is 10.1. The van der Waals surface area contributed by atoms with Crippen LogP contribution in [0, 0.1) is 11.3 Å². The number of hydrogen-bond acceptors (Lipinski definition) is 3. The van der Waals surface area contributed by atoms with Crippen molar-refractivity contribution in [2.75, 3.05) is 26.2 Å². The number of carbonyl (C=O) groups is 2. The fourth-order valence-electron chi connectivity index (χ4n) is 4.33. The average Bonchev–Trinajstić information content (AvgIpc) is 3.06. The summed E-state index contributed by atoms with van der Waals surface area (Å²) in [6.07, 6.45) is 6.20. The maximum Gasteiger partial charge on any atom is 0.228 e. The number of hydrogen-bond donors (Lipinski definition) is 2. The first-order valence-corrected chi connectivity index (χ1v) is 8.41. The fraction of sp³-hybridized carbons (Fsp3) is 0.875. The number of nitrogens with one attached hydrogen (secondary N) is 2. The molecule has 3 atom stereocenters. The van der Waals surface area contributed by atoms with E-state index in [1.54, 1.807) is 0 Å². The minimum Gasteiger partial charge on any atom is -0.351 e. The Labute approximate surface area is 126 Å². The molecule has 2 heterocycles. The summed E-state index contributed by atoms with van der Waals surface area (Å²) >= 11 is 0. The lowest BCUT2D eigenvalue weighted by Gasteiger charge is -2.38. The Balaban J connectivity index is 1.58. The van der Waals surface area contributed by atoms with Gasteiger partial charge in [-0.05, 0) is 38.6 Å². The molecule has 3 rings (SSSR count). The molecular weight excluding hydrogens is 266 g/mol. The van der Waals surface area contributed by atoms with Gasteiger partial charge in [-0.25, -0.2) is 0 Å². The zero-order chi connectivity index (χ0) is 14.9. The Morgan fingerprint density at radius 1 is 1.48 bits per heavy atom. The highest BCUT2D eigenvalue weighted by molar-refractivity contribution is 5.84. The fourth-order valence-corrected chi connectivity index (χ4v) is 4.33. The summed E-state index contributed by atoms with van der Waals surface area (Å²) in [6.45, 7) is 5.30. The molecule has 0 spiro atoms. The highest BCUT2D eigenvalue weighted by Gasteiger charge is 2.50. The first kappa shape index (κ1) is 14.8. The molecule has 5 nitrogen and oxygen atoms in total. The SMILES string of the molecule is CC(CN1CCCC1=O)NC(=O)[C@@]12CCCC[C@H]1CNC2. The zero-order valence-electron chi connectivity index (χ0n) is 13.0. The summed E-state index contributed by atoms with van der Waals surface area (Å²) in [6, 6.07) is 0.0390. The predicted octanol–water partition coefficient (Wildman–Crippen LogP) is 0.893. The van der Waals surface area contributed by atoms with Crippen LogP contribution in [0.15, 0.2) is 0 Å². The summed E-state index contributed by atoms with van der Waals surface area (Å²) in [5.74, 6) is 0.926. The van der Waals surface area contributed by atoms with Gasteiger partial charge >= 0.3 is 0 Å². The van der Waals surface area contributed by atoms with Crippen molar-refractivity contribution in [3.63, 3.8) is 0 Å². The van der Waals surface area contributed by atoms with Gasteiger partial charge in [0.1, 0.15) is 0 Å². The molecule has 0 bridgehead atoms. The Bertz CT molecular complexity index is 426. The lowest BCUT2D eigenvalue weighted by atomic mass is 9.67. The summed E-state index contributed by atoms with van der Waals surface area (Å²) in [7, 11) is 0. The van der Waals surface area contributed by atoms with Crippen molar-refractivity contribution in [2.24, 2.45) is 11.3 Å². The van der Waals surface area contributed by atoms with Crippen LogP contribution in [0.25, 0.3) is 0 Å². The molecule has 0 aromatic rings. The third-order valence-corrected chi connectivity index (χ3v) is 5.53. The number of fused-ring (bicyclic) bond motifs is 1. The molecular formula is C16H27N3O2. The van der Waals surface area contributed by atoms with Gasteiger partial charge in [0.15, 0.2) is 0 Å². The highest BCUT2D eigenvalue weighted by atomic mass is 16.2. The summed E-state index contributed by atoms with van der Waals surface area (Å²) in [4.78, 5) is 26.4. The number of rotatable bonds is 4. The van der Waals surface area contributed by atoms with Gasteiger partial charge in [0.05, 0.1) is 5.41 Å². The second kappa shape index (κ2) is 5.95.